The van der Waals surface area contributed by atoms with E-state index in [-0.39, 0.29) is 16.2 Å². The lowest BCUT2D eigenvalue weighted by molar-refractivity contribution is -0.110. The van der Waals surface area contributed by atoms with Gasteiger partial charge in [-0.05, 0) is 42.0 Å². The molecule has 1 aliphatic carbocycles. The highest BCUT2D eigenvalue weighted by Crippen LogP contribution is 2.34. The van der Waals surface area contributed by atoms with Crippen molar-refractivity contribution in [3.05, 3.63) is 83.2 Å². The molecule has 5 nitrogen and oxygen atoms in total. The lowest BCUT2D eigenvalue weighted by Gasteiger charge is -2.11. The molecule has 1 aromatic heterocycles. The molecule has 0 fully saturated rings. The van der Waals surface area contributed by atoms with Gasteiger partial charge in [0.05, 0.1) is 16.2 Å². The third kappa shape index (κ3) is 2.83. The van der Waals surface area contributed by atoms with Gasteiger partial charge in [0.15, 0.2) is 0 Å². The van der Waals surface area contributed by atoms with Gasteiger partial charge >= 0.3 is 0 Å². The summed E-state index contributed by atoms with van der Waals surface area (Å²) in [6.45, 7) is 0. The van der Waals surface area contributed by atoms with E-state index in [4.69, 9.17) is 11.6 Å². The average molecular weight is 398 g/mol. The van der Waals surface area contributed by atoms with Crippen molar-refractivity contribution < 1.29 is 18.0 Å². The molecule has 2 aromatic carbocycles. The fraction of sp³-hybridized carbons (Fsp3) is 0. The van der Waals surface area contributed by atoms with Gasteiger partial charge in [0.1, 0.15) is 0 Å². The molecule has 0 spiro atoms. The number of aromatic nitrogens is 1. The van der Waals surface area contributed by atoms with Crippen molar-refractivity contribution in [1.82, 2.24) is 3.97 Å². The van der Waals surface area contributed by atoms with Crippen LogP contribution in [-0.2, 0) is 14.8 Å². The van der Waals surface area contributed by atoms with Crippen LogP contribution >= 0.6 is 11.6 Å². The Balaban J connectivity index is 2.00. The predicted molar refractivity (Wildman–Crippen MR) is 102 cm³/mol. The highest BCUT2D eigenvalue weighted by molar-refractivity contribution is 7.90. The van der Waals surface area contributed by atoms with E-state index in [0.29, 0.717) is 16.1 Å². The summed E-state index contributed by atoms with van der Waals surface area (Å²) in [5.74, 6) is -1.40. The highest BCUT2D eigenvalue weighted by Gasteiger charge is 2.32. The maximum atomic E-state index is 13.1. The van der Waals surface area contributed by atoms with Crippen molar-refractivity contribution in [3.63, 3.8) is 0 Å². The maximum Gasteiger partial charge on any atom is 0.268 e. The van der Waals surface area contributed by atoms with Gasteiger partial charge in [-0.2, -0.15) is 0 Å². The van der Waals surface area contributed by atoms with Gasteiger partial charge < -0.3 is 0 Å². The Morgan fingerprint density at radius 3 is 2.19 bits per heavy atom. The Labute approximate surface area is 160 Å². The highest BCUT2D eigenvalue weighted by atomic mass is 35.5. The van der Waals surface area contributed by atoms with E-state index in [1.54, 1.807) is 24.3 Å². The lowest BCUT2D eigenvalue weighted by Crippen LogP contribution is -2.19. The molecule has 0 radical (unpaired) electrons. The Bertz CT molecular complexity index is 1210. The first kappa shape index (κ1) is 17.5. The summed E-state index contributed by atoms with van der Waals surface area (Å²) < 4.78 is 27.3. The second-order valence-corrected chi connectivity index (χ2v) is 8.20. The van der Waals surface area contributed by atoms with Crippen molar-refractivity contribution in [1.29, 1.82) is 0 Å². The maximum absolute atomic E-state index is 13.1. The van der Waals surface area contributed by atoms with Crippen molar-refractivity contribution in [3.8, 4) is 11.1 Å². The molecule has 0 bridgehead atoms. The first-order valence-corrected chi connectivity index (χ1v) is 9.80. The van der Waals surface area contributed by atoms with Crippen molar-refractivity contribution in [2.45, 2.75) is 4.90 Å². The Kier molecular flexibility index (Phi) is 4.09. The molecule has 0 atom stereocenters. The first-order chi connectivity index (χ1) is 12.9. The van der Waals surface area contributed by atoms with E-state index in [2.05, 4.69) is 0 Å². The third-order valence-corrected chi connectivity index (χ3v) is 6.25. The smallest absolute Gasteiger partial charge is 0.268 e. The summed E-state index contributed by atoms with van der Waals surface area (Å²) in [7, 11) is -3.98. The van der Waals surface area contributed by atoms with Gasteiger partial charge in [-0.3, -0.25) is 9.59 Å². The Morgan fingerprint density at radius 2 is 1.52 bits per heavy atom. The number of Topliss-reactive ketones (excluding diaryl/α,β-unsaturated/α-hetero) is 1. The Morgan fingerprint density at radius 1 is 0.852 bits per heavy atom. The van der Waals surface area contributed by atoms with Crippen LogP contribution in [0.1, 0.15) is 16.1 Å². The van der Waals surface area contributed by atoms with Crippen LogP contribution in [0.2, 0.25) is 5.02 Å². The number of ketones is 2. The number of fused-ring (bicyclic) bond motifs is 1. The van der Waals surface area contributed by atoms with Gasteiger partial charge in [-0.15, -0.1) is 0 Å². The molecule has 0 saturated heterocycles. The number of carbonyl (C=O) groups is 2. The quantitative estimate of drug-likeness (QED) is 0.630. The molecule has 3 aromatic rings. The van der Waals surface area contributed by atoms with E-state index in [1.807, 2.05) is 6.07 Å². The fourth-order valence-electron chi connectivity index (χ4n) is 3.00. The summed E-state index contributed by atoms with van der Waals surface area (Å²) in [6, 6.07) is 14.6. The molecule has 1 heterocycles. The van der Waals surface area contributed by atoms with E-state index in [0.717, 1.165) is 10.0 Å². The van der Waals surface area contributed by atoms with Gasteiger partial charge in [0.2, 0.25) is 11.6 Å². The zero-order valence-corrected chi connectivity index (χ0v) is 15.4. The summed E-state index contributed by atoms with van der Waals surface area (Å²) >= 11 is 5.85. The lowest BCUT2D eigenvalue weighted by atomic mass is 9.94. The monoisotopic (exact) mass is 397 g/mol. The summed E-state index contributed by atoms with van der Waals surface area (Å²) in [6.07, 6.45) is 3.83. The Hall–Kier alpha value is -2.96. The van der Waals surface area contributed by atoms with E-state index >= 15 is 0 Å². The largest absolute Gasteiger partial charge is 0.286 e. The molecular weight excluding hydrogens is 386 g/mol. The summed E-state index contributed by atoms with van der Waals surface area (Å²) in [5.41, 5.74) is 1.29. The van der Waals surface area contributed by atoms with E-state index in [1.165, 1.54) is 36.5 Å². The minimum atomic E-state index is -3.98. The van der Waals surface area contributed by atoms with E-state index < -0.39 is 21.6 Å². The zero-order chi connectivity index (χ0) is 19.2. The number of benzene rings is 2. The van der Waals surface area contributed by atoms with Crippen molar-refractivity contribution >= 4 is 39.3 Å². The second-order valence-electron chi connectivity index (χ2n) is 5.95. The molecule has 4 rings (SSSR count). The molecule has 0 saturated carbocycles. The number of nitrogens with zero attached hydrogens (tertiary/aromatic N) is 1. The van der Waals surface area contributed by atoms with Crippen molar-refractivity contribution in [2.24, 2.45) is 0 Å². The normalized spacial score (nSPS) is 13.7. The number of rotatable bonds is 3. The summed E-state index contributed by atoms with van der Waals surface area (Å²) in [5, 5.41) is 0.411. The van der Waals surface area contributed by atoms with Gasteiger partial charge in [0, 0.05) is 16.8 Å². The molecule has 0 unspecified atom stereocenters. The zero-order valence-electron chi connectivity index (χ0n) is 13.8. The van der Waals surface area contributed by atoms with Crippen LogP contribution in [0.15, 0.2) is 71.8 Å². The number of hydrogen-bond donors (Lipinski definition) is 0. The van der Waals surface area contributed by atoms with Gasteiger partial charge in [-0.1, -0.05) is 41.9 Å². The SMILES string of the molecule is O=C1C=Cc2c(c(-c3ccccc3)cn2S(=O)(=O)c2ccc(Cl)cc2)C1=O. The molecule has 0 N–H and O–H groups in total. The first-order valence-electron chi connectivity index (χ1n) is 7.98. The van der Waals surface area contributed by atoms with Crippen LogP contribution in [0.5, 0.6) is 0 Å². The summed E-state index contributed by atoms with van der Waals surface area (Å²) in [4.78, 5) is 24.4. The molecular formula is C20H12ClNO4S. The number of hydrogen-bond acceptors (Lipinski definition) is 4. The third-order valence-electron chi connectivity index (χ3n) is 4.31. The molecule has 134 valence electrons. The van der Waals surface area contributed by atoms with Gasteiger partial charge in [0.25, 0.3) is 10.0 Å². The minimum absolute atomic E-state index is 0.0297. The number of halogens is 1. The van der Waals surface area contributed by atoms with Crippen LogP contribution in [0.3, 0.4) is 0 Å². The second kappa shape index (κ2) is 6.33. The van der Waals surface area contributed by atoms with E-state index in [9.17, 15) is 18.0 Å². The van der Waals surface area contributed by atoms with Crippen LogP contribution in [-0.4, -0.2) is 24.0 Å². The molecule has 1 aliphatic rings. The van der Waals surface area contributed by atoms with Crippen LogP contribution in [0, 0.1) is 0 Å². The minimum Gasteiger partial charge on any atom is -0.286 e. The fourth-order valence-corrected chi connectivity index (χ4v) is 4.49. The predicted octanol–water partition coefficient (Wildman–Crippen LogP) is 3.82. The number of allylic oxidation sites excluding steroid dienone is 1. The molecule has 0 aliphatic heterocycles. The van der Waals surface area contributed by atoms with Crippen LogP contribution < -0.4 is 0 Å². The van der Waals surface area contributed by atoms with Crippen LogP contribution in [0.25, 0.3) is 17.2 Å². The van der Waals surface area contributed by atoms with Crippen molar-refractivity contribution in [2.75, 3.05) is 0 Å². The number of carbonyl (C=O) groups excluding carboxylic acids is 2. The molecule has 7 heteroatoms. The standard InChI is InChI=1S/C20H12ClNO4S/c21-14-6-8-15(9-7-14)27(25,26)22-12-16(13-4-2-1-3-5-13)19-17(22)10-11-18(23)20(19)24/h1-12H. The average Bonchev–Trinajstić information content (AvgIpc) is 3.07. The van der Waals surface area contributed by atoms with Crippen LogP contribution in [0.4, 0.5) is 0 Å². The molecule has 27 heavy (non-hydrogen) atoms. The van der Waals surface area contributed by atoms with Gasteiger partial charge in [-0.25, -0.2) is 12.4 Å². The topological polar surface area (TPSA) is 73.2 Å². The molecule has 0 amide bonds.